The zero-order chi connectivity index (χ0) is 15.5. The number of hydrogen-bond acceptors (Lipinski definition) is 3. The molecule has 1 aromatic carbocycles. The topological polar surface area (TPSA) is 55.4 Å². The molecule has 7 heteroatoms. The van der Waals surface area contributed by atoms with E-state index in [1.807, 2.05) is 0 Å². The number of benzene rings is 1. The highest BCUT2D eigenvalue weighted by Crippen LogP contribution is 2.24. The molecule has 1 N–H and O–H groups in total. The monoisotopic (exact) mass is 319 g/mol. The summed E-state index contributed by atoms with van der Waals surface area (Å²) in [4.78, 5) is 0. The molecule has 1 aromatic rings. The van der Waals surface area contributed by atoms with Gasteiger partial charge in [0.15, 0.2) is 0 Å². The fourth-order valence-electron chi connectivity index (χ4n) is 2.43. The molecule has 21 heavy (non-hydrogen) atoms. The summed E-state index contributed by atoms with van der Waals surface area (Å²) in [7, 11) is -3.59. The van der Waals surface area contributed by atoms with Crippen LogP contribution in [-0.2, 0) is 14.8 Å². The van der Waals surface area contributed by atoms with Crippen molar-refractivity contribution in [2.75, 3.05) is 13.2 Å². The van der Waals surface area contributed by atoms with Gasteiger partial charge in [-0.15, -0.1) is 0 Å². The Balaban J connectivity index is 2.20. The molecule has 0 aromatic heterocycles. The average Bonchev–Trinajstić information content (AvgIpc) is 2.48. The van der Waals surface area contributed by atoms with Gasteiger partial charge in [-0.2, -0.15) is 0 Å². The van der Waals surface area contributed by atoms with Crippen molar-refractivity contribution in [1.82, 2.24) is 4.72 Å². The maximum Gasteiger partial charge on any atom is 0.215 e. The number of ether oxygens (including phenoxy) is 1. The second-order valence-corrected chi connectivity index (χ2v) is 7.09. The smallest absolute Gasteiger partial charge is 0.215 e. The average molecular weight is 319 g/mol. The second-order valence-electron chi connectivity index (χ2n) is 5.10. The highest BCUT2D eigenvalue weighted by atomic mass is 32.2. The van der Waals surface area contributed by atoms with Gasteiger partial charge in [0.05, 0.1) is 5.25 Å². The Bertz CT molecular complexity index is 586. The van der Waals surface area contributed by atoms with Crippen LogP contribution in [0, 0.1) is 11.6 Å². The Morgan fingerprint density at radius 2 is 2.00 bits per heavy atom. The Morgan fingerprint density at radius 3 is 2.62 bits per heavy atom. The van der Waals surface area contributed by atoms with E-state index in [1.54, 1.807) is 6.92 Å². The molecule has 4 nitrogen and oxygen atoms in total. The van der Waals surface area contributed by atoms with Gasteiger partial charge >= 0.3 is 0 Å². The van der Waals surface area contributed by atoms with Crippen molar-refractivity contribution in [1.29, 1.82) is 0 Å². The summed E-state index contributed by atoms with van der Waals surface area (Å²) in [6.07, 6.45) is 1.16. The van der Waals surface area contributed by atoms with Crippen molar-refractivity contribution < 1.29 is 21.9 Å². The minimum atomic E-state index is -3.59. The van der Waals surface area contributed by atoms with E-state index >= 15 is 0 Å². The van der Waals surface area contributed by atoms with Crippen molar-refractivity contribution >= 4 is 10.0 Å². The standard InChI is InChI=1S/C14H19F2NO3S/c1-2-14(12-9-10(15)3-4-13(12)16)17-21(18,19)11-5-7-20-8-6-11/h3-4,9,11,14,17H,2,5-8H2,1H3/t14-/m0/s1. The van der Waals surface area contributed by atoms with Crippen LogP contribution in [0.5, 0.6) is 0 Å². The van der Waals surface area contributed by atoms with Gasteiger partial charge < -0.3 is 4.74 Å². The van der Waals surface area contributed by atoms with E-state index in [2.05, 4.69) is 4.72 Å². The van der Waals surface area contributed by atoms with Crippen LogP contribution < -0.4 is 4.72 Å². The van der Waals surface area contributed by atoms with E-state index in [9.17, 15) is 17.2 Å². The van der Waals surface area contributed by atoms with Crippen molar-refractivity contribution in [3.63, 3.8) is 0 Å². The summed E-state index contributed by atoms with van der Waals surface area (Å²) in [5, 5.41) is -0.545. The summed E-state index contributed by atoms with van der Waals surface area (Å²) in [6.45, 7) is 2.52. The fourth-order valence-corrected chi connectivity index (χ4v) is 4.12. The molecule has 0 spiro atoms. The van der Waals surface area contributed by atoms with Crippen LogP contribution in [0.3, 0.4) is 0 Å². The van der Waals surface area contributed by atoms with E-state index in [-0.39, 0.29) is 5.56 Å². The molecule has 1 fully saturated rings. The molecule has 0 unspecified atom stereocenters. The molecule has 0 amide bonds. The molecular formula is C14H19F2NO3S. The Hall–Kier alpha value is -1.05. The first-order valence-electron chi connectivity index (χ1n) is 6.98. The third-order valence-corrected chi connectivity index (χ3v) is 5.62. The largest absolute Gasteiger partial charge is 0.381 e. The first-order chi connectivity index (χ1) is 9.94. The first-order valence-corrected chi connectivity index (χ1v) is 8.52. The van der Waals surface area contributed by atoms with Gasteiger partial charge in [-0.05, 0) is 37.5 Å². The molecule has 0 aliphatic carbocycles. The predicted octanol–water partition coefficient (Wildman–Crippen LogP) is 2.51. The van der Waals surface area contributed by atoms with Gasteiger partial charge in [-0.1, -0.05) is 6.92 Å². The van der Waals surface area contributed by atoms with Crippen LogP contribution in [0.2, 0.25) is 0 Å². The molecule has 1 aliphatic heterocycles. The van der Waals surface area contributed by atoms with Crippen LogP contribution in [0.4, 0.5) is 8.78 Å². The first kappa shape index (κ1) is 16.3. The minimum Gasteiger partial charge on any atom is -0.381 e. The third-order valence-electron chi connectivity index (χ3n) is 3.66. The molecule has 0 saturated carbocycles. The van der Waals surface area contributed by atoms with E-state index in [1.165, 1.54) is 0 Å². The summed E-state index contributed by atoms with van der Waals surface area (Å²) < 4.78 is 59.4. The van der Waals surface area contributed by atoms with E-state index < -0.39 is 32.9 Å². The van der Waals surface area contributed by atoms with Gasteiger partial charge in [0, 0.05) is 24.8 Å². The predicted molar refractivity (Wildman–Crippen MR) is 75.3 cm³/mol. The summed E-state index contributed by atoms with van der Waals surface area (Å²) in [5.41, 5.74) is 0.0353. The number of rotatable bonds is 5. The third kappa shape index (κ3) is 3.99. The zero-order valence-electron chi connectivity index (χ0n) is 11.8. The molecule has 1 heterocycles. The molecule has 1 saturated heterocycles. The van der Waals surface area contributed by atoms with Crippen LogP contribution in [0.1, 0.15) is 37.8 Å². The van der Waals surface area contributed by atoms with Gasteiger partial charge in [-0.25, -0.2) is 21.9 Å². The molecular weight excluding hydrogens is 300 g/mol. The molecule has 1 atom stereocenters. The highest BCUT2D eigenvalue weighted by Gasteiger charge is 2.30. The summed E-state index contributed by atoms with van der Waals surface area (Å²) in [5.74, 6) is -1.20. The molecule has 2 rings (SSSR count). The number of halogens is 2. The zero-order valence-corrected chi connectivity index (χ0v) is 12.6. The van der Waals surface area contributed by atoms with Crippen LogP contribution in [0.15, 0.2) is 18.2 Å². The van der Waals surface area contributed by atoms with Crippen molar-refractivity contribution in [2.45, 2.75) is 37.5 Å². The SMILES string of the molecule is CC[C@H](NS(=O)(=O)C1CCOCC1)c1cc(F)ccc1F. The Kier molecular flexibility index (Phi) is 5.29. The number of hydrogen-bond donors (Lipinski definition) is 1. The normalized spacial score (nSPS) is 18.6. The van der Waals surface area contributed by atoms with Crippen LogP contribution >= 0.6 is 0 Å². The Labute approximate surface area is 123 Å². The lowest BCUT2D eigenvalue weighted by Crippen LogP contribution is -2.40. The fraction of sp³-hybridized carbons (Fsp3) is 0.571. The lowest BCUT2D eigenvalue weighted by molar-refractivity contribution is 0.0980. The van der Waals surface area contributed by atoms with E-state index in [4.69, 9.17) is 4.74 Å². The molecule has 118 valence electrons. The van der Waals surface area contributed by atoms with Crippen LogP contribution in [0.25, 0.3) is 0 Å². The van der Waals surface area contributed by atoms with Gasteiger partial charge in [0.2, 0.25) is 10.0 Å². The van der Waals surface area contributed by atoms with Crippen LogP contribution in [-0.4, -0.2) is 26.9 Å². The number of nitrogens with one attached hydrogen (secondary N) is 1. The maximum atomic E-state index is 13.8. The van der Waals surface area contributed by atoms with Gasteiger partial charge in [0.1, 0.15) is 11.6 Å². The lowest BCUT2D eigenvalue weighted by atomic mass is 10.1. The molecule has 0 bridgehead atoms. The van der Waals surface area contributed by atoms with Gasteiger partial charge in [-0.3, -0.25) is 0 Å². The molecule has 1 aliphatic rings. The second kappa shape index (κ2) is 6.81. The van der Waals surface area contributed by atoms with E-state index in [0.717, 1.165) is 18.2 Å². The summed E-state index contributed by atoms with van der Waals surface area (Å²) >= 11 is 0. The van der Waals surface area contributed by atoms with Crippen molar-refractivity contribution in [3.8, 4) is 0 Å². The highest BCUT2D eigenvalue weighted by molar-refractivity contribution is 7.90. The Morgan fingerprint density at radius 1 is 1.33 bits per heavy atom. The maximum absolute atomic E-state index is 13.8. The summed E-state index contributed by atoms with van der Waals surface area (Å²) in [6, 6.07) is 2.29. The lowest BCUT2D eigenvalue weighted by Gasteiger charge is -2.25. The van der Waals surface area contributed by atoms with Crippen molar-refractivity contribution in [2.24, 2.45) is 0 Å². The number of sulfonamides is 1. The van der Waals surface area contributed by atoms with E-state index in [0.29, 0.717) is 32.5 Å². The van der Waals surface area contributed by atoms with Gasteiger partial charge in [0.25, 0.3) is 0 Å². The minimum absolute atomic E-state index is 0.0353. The van der Waals surface area contributed by atoms with Crippen molar-refractivity contribution in [3.05, 3.63) is 35.4 Å². The molecule has 0 radical (unpaired) electrons. The quantitative estimate of drug-likeness (QED) is 0.907.